The summed E-state index contributed by atoms with van der Waals surface area (Å²) in [6.45, 7) is 1.64. The molecule has 1 aromatic carbocycles. The number of halogens is 1. The van der Waals surface area contributed by atoms with Gasteiger partial charge in [0.1, 0.15) is 11.6 Å². The summed E-state index contributed by atoms with van der Waals surface area (Å²) in [6.07, 6.45) is 1.19. The quantitative estimate of drug-likeness (QED) is 0.905. The van der Waals surface area contributed by atoms with Crippen molar-refractivity contribution < 1.29 is 13.9 Å². The second kappa shape index (κ2) is 4.87. The summed E-state index contributed by atoms with van der Waals surface area (Å²) in [5.41, 5.74) is 0.0447. The molecule has 0 aliphatic carbocycles. The molecule has 2 rings (SSSR count). The zero-order chi connectivity index (χ0) is 13.1. The van der Waals surface area contributed by atoms with Crippen LogP contribution in [0, 0.1) is 12.7 Å². The van der Waals surface area contributed by atoms with Gasteiger partial charge in [-0.1, -0.05) is 6.07 Å². The monoisotopic (exact) mass is 250 g/mol. The minimum absolute atomic E-state index is 0.00972. The normalized spacial score (nSPS) is 10.2. The highest BCUT2D eigenvalue weighted by molar-refractivity contribution is 5.36. The van der Waals surface area contributed by atoms with Crippen molar-refractivity contribution in [2.45, 2.75) is 6.92 Å². The van der Waals surface area contributed by atoms with Gasteiger partial charge in [0.2, 0.25) is 5.75 Å². The predicted molar refractivity (Wildman–Crippen MR) is 62.6 cm³/mol. The molecule has 2 aromatic rings. The van der Waals surface area contributed by atoms with Crippen molar-refractivity contribution in [3.63, 3.8) is 0 Å². The van der Waals surface area contributed by atoms with Crippen molar-refractivity contribution in [2.24, 2.45) is 0 Å². The Balaban J connectivity index is 2.37. The average molecular weight is 250 g/mol. The third-order valence-electron chi connectivity index (χ3n) is 2.34. The molecule has 0 saturated carbocycles. The third kappa shape index (κ3) is 2.32. The summed E-state index contributed by atoms with van der Waals surface area (Å²) in [5.74, 6) is -0.214. The Hall–Kier alpha value is -2.37. The van der Waals surface area contributed by atoms with E-state index < -0.39 is 11.4 Å². The minimum atomic E-state index is -0.463. The summed E-state index contributed by atoms with van der Waals surface area (Å²) < 4.78 is 23.5. The number of aryl methyl sites for hydroxylation is 1. The molecular weight excluding hydrogens is 239 g/mol. The van der Waals surface area contributed by atoms with Gasteiger partial charge in [0.05, 0.1) is 13.4 Å². The second-order valence-electron chi connectivity index (χ2n) is 3.58. The van der Waals surface area contributed by atoms with Crippen LogP contribution in [0.5, 0.6) is 17.4 Å². The fourth-order valence-corrected chi connectivity index (χ4v) is 1.37. The largest absolute Gasteiger partial charge is 0.487 e. The van der Waals surface area contributed by atoms with E-state index in [1.54, 1.807) is 19.1 Å². The minimum Gasteiger partial charge on any atom is -0.487 e. The number of benzene rings is 1. The number of hydrogen-bond acceptors (Lipinski definition) is 4. The fraction of sp³-hybridized carbons (Fsp3) is 0.167. The predicted octanol–water partition coefficient (Wildman–Crippen LogP) is 2.02. The number of nitrogens with one attached hydrogen (secondary N) is 1. The van der Waals surface area contributed by atoms with Gasteiger partial charge in [0.15, 0.2) is 0 Å². The lowest BCUT2D eigenvalue weighted by Gasteiger charge is -2.08. The molecule has 0 aliphatic heterocycles. The zero-order valence-electron chi connectivity index (χ0n) is 9.86. The lowest BCUT2D eigenvalue weighted by molar-refractivity contribution is 0.362. The molecule has 1 aromatic heterocycles. The maximum Gasteiger partial charge on any atom is 0.297 e. The molecule has 18 heavy (non-hydrogen) atoms. The number of hydrogen-bond donors (Lipinski definition) is 1. The number of H-pyrrole nitrogens is 1. The summed E-state index contributed by atoms with van der Waals surface area (Å²) in [7, 11) is 1.33. The number of aromatic nitrogens is 2. The van der Waals surface area contributed by atoms with Crippen LogP contribution in [0.2, 0.25) is 0 Å². The topological polar surface area (TPSA) is 64.2 Å². The molecule has 0 amide bonds. The molecule has 0 radical (unpaired) electrons. The van der Waals surface area contributed by atoms with Gasteiger partial charge in [-0.05, 0) is 18.6 Å². The molecule has 0 aliphatic rings. The Bertz CT molecular complexity index is 625. The molecule has 0 bridgehead atoms. The number of methoxy groups -OCH3 is 1. The highest BCUT2D eigenvalue weighted by Gasteiger charge is 2.11. The van der Waals surface area contributed by atoms with E-state index in [9.17, 15) is 9.18 Å². The fourth-order valence-electron chi connectivity index (χ4n) is 1.37. The van der Waals surface area contributed by atoms with Gasteiger partial charge in [0.25, 0.3) is 11.4 Å². The first kappa shape index (κ1) is 12.1. The molecule has 0 atom stereocenters. The van der Waals surface area contributed by atoms with Gasteiger partial charge in [-0.2, -0.15) is 0 Å². The summed E-state index contributed by atoms with van der Waals surface area (Å²) in [5, 5.41) is 0. The maximum atomic E-state index is 13.3. The first-order valence-electron chi connectivity index (χ1n) is 5.17. The van der Waals surface area contributed by atoms with E-state index in [4.69, 9.17) is 9.47 Å². The molecule has 0 unspecified atom stereocenters. The Morgan fingerprint density at radius 2 is 2.17 bits per heavy atom. The van der Waals surface area contributed by atoms with E-state index >= 15 is 0 Å². The van der Waals surface area contributed by atoms with Crippen molar-refractivity contribution in [3.8, 4) is 17.4 Å². The highest BCUT2D eigenvalue weighted by Crippen LogP contribution is 2.26. The van der Waals surface area contributed by atoms with Crippen LogP contribution in [0.3, 0.4) is 0 Å². The van der Waals surface area contributed by atoms with Gasteiger partial charge in [-0.25, -0.2) is 9.37 Å². The second-order valence-corrected chi connectivity index (χ2v) is 3.58. The van der Waals surface area contributed by atoms with Crippen molar-refractivity contribution in [3.05, 3.63) is 46.3 Å². The van der Waals surface area contributed by atoms with Gasteiger partial charge >= 0.3 is 0 Å². The number of rotatable bonds is 3. The van der Waals surface area contributed by atoms with E-state index in [0.29, 0.717) is 5.56 Å². The van der Waals surface area contributed by atoms with Crippen molar-refractivity contribution in [1.82, 2.24) is 9.97 Å². The first-order chi connectivity index (χ1) is 8.61. The van der Waals surface area contributed by atoms with Crippen LogP contribution in [0.25, 0.3) is 0 Å². The maximum absolute atomic E-state index is 13.3. The van der Waals surface area contributed by atoms with Crippen LogP contribution >= 0.6 is 0 Å². The number of aromatic amines is 1. The lowest BCUT2D eigenvalue weighted by Crippen LogP contribution is -2.10. The molecule has 0 fully saturated rings. The SMILES string of the molecule is COc1c(Oc2ccc(C)c(F)c2)nc[nH]c1=O. The molecule has 5 nitrogen and oxygen atoms in total. The summed E-state index contributed by atoms with van der Waals surface area (Å²) in [4.78, 5) is 17.6. The van der Waals surface area contributed by atoms with Crippen molar-refractivity contribution >= 4 is 0 Å². The number of nitrogens with zero attached hydrogens (tertiary/aromatic N) is 1. The standard InChI is InChI=1S/C12H11FN2O3/c1-7-3-4-8(5-9(7)13)18-12-10(17-2)11(16)14-6-15-12/h3-6H,1-2H3,(H,14,15,16). The first-order valence-corrected chi connectivity index (χ1v) is 5.17. The molecular formula is C12H11FN2O3. The average Bonchev–Trinajstić information content (AvgIpc) is 2.34. The summed E-state index contributed by atoms with van der Waals surface area (Å²) in [6, 6.07) is 4.38. The van der Waals surface area contributed by atoms with E-state index in [1.165, 1.54) is 19.5 Å². The molecule has 6 heteroatoms. The Labute approximate surface area is 102 Å². The Morgan fingerprint density at radius 3 is 2.83 bits per heavy atom. The molecule has 1 N–H and O–H groups in total. The molecule has 0 saturated heterocycles. The van der Waals surface area contributed by atoms with Crippen LogP contribution in [-0.4, -0.2) is 17.1 Å². The van der Waals surface area contributed by atoms with E-state index in [0.717, 1.165) is 0 Å². The third-order valence-corrected chi connectivity index (χ3v) is 2.34. The Kier molecular flexibility index (Phi) is 3.27. The van der Waals surface area contributed by atoms with Gasteiger partial charge in [-0.15, -0.1) is 0 Å². The van der Waals surface area contributed by atoms with E-state index in [-0.39, 0.29) is 17.4 Å². The van der Waals surface area contributed by atoms with Crippen LogP contribution in [0.15, 0.2) is 29.3 Å². The molecule has 0 spiro atoms. The van der Waals surface area contributed by atoms with Crippen LogP contribution in [0.1, 0.15) is 5.56 Å². The summed E-state index contributed by atoms with van der Waals surface area (Å²) >= 11 is 0. The van der Waals surface area contributed by atoms with Crippen molar-refractivity contribution in [2.75, 3.05) is 7.11 Å². The van der Waals surface area contributed by atoms with Crippen LogP contribution in [-0.2, 0) is 0 Å². The van der Waals surface area contributed by atoms with Crippen LogP contribution < -0.4 is 15.0 Å². The van der Waals surface area contributed by atoms with E-state index in [1.807, 2.05) is 0 Å². The van der Waals surface area contributed by atoms with Gasteiger partial charge in [0, 0.05) is 6.07 Å². The van der Waals surface area contributed by atoms with Crippen molar-refractivity contribution in [1.29, 1.82) is 0 Å². The zero-order valence-corrected chi connectivity index (χ0v) is 9.86. The Morgan fingerprint density at radius 1 is 1.39 bits per heavy atom. The number of ether oxygens (including phenoxy) is 2. The van der Waals surface area contributed by atoms with Gasteiger partial charge < -0.3 is 14.5 Å². The highest BCUT2D eigenvalue weighted by atomic mass is 19.1. The lowest BCUT2D eigenvalue weighted by atomic mass is 10.2. The van der Waals surface area contributed by atoms with Crippen LogP contribution in [0.4, 0.5) is 4.39 Å². The van der Waals surface area contributed by atoms with E-state index in [2.05, 4.69) is 9.97 Å². The smallest absolute Gasteiger partial charge is 0.297 e. The molecule has 94 valence electrons. The van der Waals surface area contributed by atoms with Gasteiger partial charge in [-0.3, -0.25) is 4.79 Å². The molecule has 1 heterocycles.